The third-order valence-electron chi connectivity index (χ3n) is 5.10. The van der Waals surface area contributed by atoms with Gasteiger partial charge in [-0.2, -0.15) is 0 Å². The van der Waals surface area contributed by atoms with Gasteiger partial charge in [0, 0.05) is 36.9 Å². The van der Waals surface area contributed by atoms with E-state index in [9.17, 15) is 9.59 Å². The molecule has 1 aliphatic heterocycles. The fourth-order valence-electron chi connectivity index (χ4n) is 3.81. The standard InChI is InChI=1S/C16H20N2O3/c19-14-5-1-3-11(14)13-4-2-8-18(13)16(20)12-9-15(21-17-12)10-6-7-10/h9-11,13H,1-8H2/t11-,13-/m1/s1. The molecule has 1 aromatic rings. The van der Waals surface area contributed by atoms with Crippen LogP contribution in [-0.4, -0.2) is 34.3 Å². The van der Waals surface area contributed by atoms with E-state index in [1.165, 1.54) is 0 Å². The Morgan fingerprint density at radius 1 is 1.24 bits per heavy atom. The van der Waals surface area contributed by atoms with Gasteiger partial charge in [0.15, 0.2) is 5.69 Å². The van der Waals surface area contributed by atoms with Crippen LogP contribution >= 0.6 is 0 Å². The molecule has 0 spiro atoms. The van der Waals surface area contributed by atoms with Crippen LogP contribution in [0.15, 0.2) is 10.6 Å². The van der Waals surface area contributed by atoms with Crippen molar-refractivity contribution in [2.24, 2.45) is 5.92 Å². The molecule has 2 heterocycles. The van der Waals surface area contributed by atoms with Gasteiger partial charge in [-0.25, -0.2) is 0 Å². The van der Waals surface area contributed by atoms with E-state index in [-0.39, 0.29) is 17.9 Å². The van der Waals surface area contributed by atoms with Crippen molar-refractivity contribution in [1.29, 1.82) is 0 Å². The van der Waals surface area contributed by atoms with E-state index in [0.717, 1.165) is 50.8 Å². The summed E-state index contributed by atoms with van der Waals surface area (Å²) < 4.78 is 5.29. The number of Topliss-reactive ketones (excluding diaryl/α,β-unsaturated/α-hetero) is 1. The summed E-state index contributed by atoms with van der Waals surface area (Å²) in [6, 6.07) is 1.87. The monoisotopic (exact) mass is 288 g/mol. The molecule has 0 N–H and O–H groups in total. The molecule has 1 saturated heterocycles. The fraction of sp³-hybridized carbons (Fsp3) is 0.688. The zero-order valence-corrected chi connectivity index (χ0v) is 12.1. The first-order valence-electron chi connectivity index (χ1n) is 8.04. The molecule has 1 aromatic heterocycles. The van der Waals surface area contributed by atoms with Crippen molar-refractivity contribution in [3.63, 3.8) is 0 Å². The maximum atomic E-state index is 12.7. The van der Waals surface area contributed by atoms with Gasteiger partial charge in [0.1, 0.15) is 11.5 Å². The molecule has 1 amide bonds. The zero-order valence-electron chi connectivity index (χ0n) is 12.1. The number of hydrogen-bond acceptors (Lipinski definition) is 4. The Labute approximate surface area is 123 Å². The largest absolute Gasteiger partial charge is 0.360 e. The summed E-state index contributed by atoms with van der Waals surface area (Å²) in [4.78, 5) is 26.5. The second kappa shape index (κ2) is 4.97. The Morgan fingerprint density at radius 2 is 2.10 bits per heavy atom. The summed E-state index contributed by atoms with van der Waals surface area (Å²) in [6.45, 7) is 0.735. The smallest absolute Gasteiger partial charge is 0.276 e. The van der Waals surface area contributed by atoms with Crippen LogP contribution < -0.4 is 0 Å². The second-order valence-corrected chi connectivity index (χ2v) is 6.56. The second-order valence-electron chi connectivity index (χ2n) is 6.56. The van der Waals surface area contributed by atoms with E-state index >= 15 is 0 Å². The molecule has 0 radical (unpaired) electrons. The van der Waals surface area contributed by atoms with E-state index in [1.807, 2.05) is 4.90 Å². The van der Waals surface area contributed by atoms with Crippen LogP contribution in [0.4, 0.5) is 0 Å². The number of hydrogen-bond donors (Lipinski definition) is 0. The van der Waals surface area contributed by atoms with Crippen molar-refractivity contribution in [3.05, 3.63) is 17.5 Å². The average molecular weight is 288 g/mol. The Kier molecular flexibility index (Phi) is 3.08. The van der Waals surface area contributed by atoms with Crippen LogP contribution in [0.1, 0.15) is 67.1 Å². The minimum atomic E-state index is -0.0622. The van der Waals surface area contributed by atoms with E-state index in [4.69, 9.17) is 4.52 Å². The van der Waals surface area contributed by atoms with Gasteiger partial charge < -0.3 is 9.42 Å². The highest BCUT2D eigenvalue weighted by Gasteiger charge is 2.41. The van der Waals surface area contributed by atoms with Gasteiger partial charge in [0.25, 0.3) is 5.91 Å². The quantitative estimate of drug-likeness (QED) is 0.857. The Morgan fingerprint density at radius 3 is 2.81 bits per heavy atom. The van der Waals surface area contributed by atoms with Gasteiger partial charge in [0.05, 0.1) is 0 Å². The minimum absolute atomic E-state index is 0.0475. The molecule has 2 saturated carbocycles. The molecule has 112 valence electrons. The van der Waals surface area contributed by atoms with Crippen LogP contribution in [0.5, 0.6) is 0 Å². The first kappa shape index (κ1) is 13.0. The van der Waals surface area contributed by atoms with Gasteiger partial charge in [-0.05, 0) is 38.5 Å². The minimum Gasteiger partial charge on any atom is -0.360 e. The number of aromatic nitrogens is 1. The van der Waals surface area contributed by atoms with Gasteiger partial charge in [-0.3, -0.25) is 9.59 Å². The van der Waals surface area contributed by atoms with Crippen molar-refractivity contribution in [3.8, 4) is 0 Å². The molecule has 0 bridgehead atoms. The summed E-state index contributed by atoms with van der Waals surface area (Å²) in [5.74, 6) is 1.62. The molecule has 3 aliphatic rings. The lowest BCUT2D eigenvalue weighted by atomic mass is 9.95. The third-order valence-corrected chi connectivity index (χ3v) is 5.10. The van der Waals surface area contributed by atoms with Crippen molar-refractivity contribution >= 4 is 11.7 Å². The van der Waals surface area contributed by atoms with Crippen molar-refractivity contribution < 1.29 is 14.1 Å². The summed E-state index contributed by atoms with van der Waals surface area (Å²) in [6.07, 6.45) is 6.76. The Hall–Kier alpha value is -1.65. The van der Waals surface area contributed by atoms with E-state index in [1.54, 1.807) is 6.07 Å². The van der Waals surface area contributed by atoms with Crippen molar-refractivity contribution in [2.75, 3.05) is 6.54 Å². The highest BCUT2D eigenvalue weighted by atomic mass is 16.5. The molecule has 2 atom stereocenters. The maximum Gasteiger partial charge on any atom is 0.276 e. The van der Waals surface area contributed by atoms with E-state index < -0.39 is 0 Å². The van der Waals surface area contributed by atoms with Gasteiger partial charge >= 0.3 is 0 Å². The molecule has 2 aliphatic carbocycles. The number of carbonyl (C=O) groups excluding carboxylic acids is 2. The van der Waals surface area contributed by atoms with Crippen LogP contribution in [0.3, 0.4) is 0 Å². The molecule has 21 heavy (non-hydrogen) atoms. The predicted octanol–water partition coefficient (Wildman–Crippen LogP) is 2.53. The molecular formula is C16H20N2O3. The molecular weight excluding hydrogens is 268 g/mol. The fourth-order valence-corrected chi connectivity index (χ4v) is 3.81. The molecule has 5 nitrogen and oxygen atoms in total. The van der Waals surface area contributed by atoms with E-state index in [2.05, 4.69) is 5.16 Å². The van der Waals surface area contributed by atoms with Crippen molar-refractivity contribution in [1.82, 2.24) is 10.1 Å². The van der Waals surface area contributed by atoms with Crippen LogP contribution in [0.25, 0.3) is 0 Å². The highest BCUT2D eigenvalue weighted by Crippen LogP contribution is 2.40. The van der Waals surface area contributed by atoms with Crippen LogP contribution in [-0.2, 0) is 4.79 Å². The summed E-state index contributed by atoms with van der Waals surface area (Å²) in [5, 5.41) is 3.95. The first-order valence-corrected chi connectivity index (χ1v) is 8.04. The molecule has 5 heteroatoms. The molecule has 0 aromatic carbocycles. The summed E-state index contributed by atoms with van der Waals surface area (Å²) >= 11 is 0. The first-order chi connectivity index (χ1) is 10.2. The third kappa shape index (κ3) is 2.28. The van der Waals surface area contributed by atoms with Gasteiger partial charge in [0.2, 0.25) is 0 Å². The highest BCUT2D eigenvalue weighted by molar-refractivity contribution is 5.93. The lowest BCUT2D eigenvalue weighted by molar-refractivity contribution is -0.121. The Balaban J connectivity index is 1.52. The number of ketones is 1. The lowest BCUT2D eigenvalue weighted by Gasteiger charge is -2.27. The van der Waals surface area contributed by atoms with Crippen LogP contribution in [0, 0.1) is 5.92 Å². The molecule has 0 unspecified atom stereocenters. The normalized spacial score (nSPS) is 29.3. The zero-order chi connectivity index (χ0) is 14.4. The number of nitrogens with zero attached hydrogens (tertiary/aromatic N) is 2. The topological polar surface area (TPSA) is 63.4 Å². The summed E-state index contributed by atoms with van der Waals surface area (Å²) in [5.41, 5.74) is 0.411. The average Bonchev–Trinajstić information content (AvgIpc) is 2.93. The number of carbonyl (C=O) groups is 2. The van der Waals surface area contributed by atoms with Gasteiger partial charge in [-0.1, -0.05) is 5.16 Å². The van der Waals surface area contributed by atoms with Gasteiger partial charge in [-0.15, -0.1) is 0 Å². The Bertz CT molecular complexity index is 576. The SMILES string of the molecule is O=C1CCC[C@@H]1[C@H]1CCCN1C(=O)c1cc(C2CC2)on1. The van der Waals surface area contributed by atoms with Crippen molar-refractivity contribution in [2.45, 2.75) is 56.9 Å². The maximum absolute atomic E-state index is 12.7. The number of likely N-dealkylation sites (tertiary alicyclic amines) is 1. The predicted molar refractivity (Wildman–Crippen MR) is 74.9 cm³/mol. The van der Waals surface area contributed by atoms with Crippen LogP contribution in [0.2, 0.25) is 0 Å². The molecule has 4 rings (SSSR count). The molecule has 3 fully saturated rings. The summed E-state index contributed by atoms with van der Waals surface area (Å²) in [7, 11) is 0. The number of rotatable bonds is 3. The van der Waals surface area contributed by atoms with E-state index in [0.29, 0.717) is 23.8 Å². The number of amides is 1. The lowest BCUT2D eigenvalue weighted by Crippen LogP contribution is -2.41.